The summed E-state index contributed by atoms with van der Waals surface area (Å²) < 4.78 is 6.86. The molecule has 3 aromatic carbocycles. The number of hydrogen-bond donors (Lipinski definition) is 5. The Labute approximate surface area is 299 Å². The van der Waals surface area contributed by atoms with E-state index in [0.29, 0.717) is 23.3 Å². The van der Waals surface area contributed by atoms with Crippen molar-refractivity contribution in [3.8, 4) is 21.8 Å². The second-order valence-electron chi connectivity index (χ2n) is 13.2. The molecule has 11 nitrogen and oxygen atoms in total. The van der Waals surface area contributed by atoms with E-state index in [1.165, 1.54) is 4.90 Å². The number of nitrogens with zero attached hydrogens (tertiary/aromatic N) is 3. The Bertz CT molecular complexity index is 2010. The first-order valence-corrected chi connectivity index (χ1v) is 19.0. The van der Waals surface area contributed by atoms with E-state index >= 15 is 0 Å². The number of carbonyl (C=O) groups excluding carboxylic acids is 2. The van der Waals surface area contributed by atoms with Crippen molar-refractivity contribution in [3.63, 3.8) is 0 Å². The Morgan fingerprint density at radius 2 is 1.78 bits per heavy atom. The van der Waals surface area contributed by atoms with Crippen molar-refractivity contribution in [2.24, 2.45) is 5.41 Å². The SMILES string of the molecule is Cc1ncsc1-c1ccc(CNC(=O)[C@@H]2C[C@@H](O)CN2C(=O)[C@@H](N[I-]Nc2ccc(-c3nc4ccccc4c(=O)[nH]3)cc2)C(C)(C)C)cc1. The van der Waals surface area contributed by atoms with Gasteiger partial charge in [0.25, 0.3) is 0 Å². The van der Waals surface area contributed by atoms with Gasteiger partial charge in [0.05, 0.1) is 16.1 Å². The van der Waals surface area contributed by atoms with Gasteiger partial charge in [0.2, 0.25) is 0 Å². The molecule has 1 aliphatic heterocycles. The van der Waals surface area contributed by atoms with E-state index in [1.54, 1.807) is 17.4 Å². The summed E-state index contributed by atoms with van der Waals surface area (Å²) in [5, 5.41) is 14.1. The van der Waals surface area contributed by atoms with Crippen LogP contribution in [0, 0.1) is 12.3 Å². The van der Waals surface area contributed by atoms with Gasteiger partial charge in [-0.05, 0) is 6.92 Å². The summed E-state index contributed by atoms with van der Waals surface area (Å²) in [6.45, 7) is 8.35. The summed E-state index contributed by atoms with van der Waals surface area (Å²) in [6.07, 6.45) is -0.588. The molecule has 0 saturated carbocycles. The van der Waals surface area contributed by atoms with Crippen molar-refractivity contribution < 1.29 is 36.4 Å². The Balaban J connectivity index is 1.06. The first-order chi connectivity index (χ1) is 23.5. The number of carbonyl (C=O) groups is 2. The van der Waals surface area contributed by atoms with Gasteiger partial charge in [0, 0.05) is 0 Å². The number of H-pyrrole nitrogens is 1. The van der Waals surface area contributed by atoms with Crippen LogP contribution < -0.4 is 39.7 Å². The monoisotopic (exact) mass is 792 g/mol. The number of amides is 2. The molecule has 0 bridgehead atoms. The summed E-state index contributed by atoms with van der Waals surface area (Å²) in [4.78, 5) is 54.3. The molecule has 5 aromatic rings. The fraction of sp³-hybridized carbons (Fsp3) is 0.306. The van der Waals surface area contributed by atoms with Gasteiger partial charge >= 0.3 is 262 Å². The van der Waals surface area contributed by atoms with Gasteiger partial charge in [-0.1, -0.05) is 0 Å². The fourth-order valence-electron chi connectivity index (χ4n) is 5.76. The molecular formula is C36H39IN7O4S-. The van der Waals surface area contributed by atoms with E-state index in [1.807, 2.05) is 99.9 Å². The Morgan fingerprint density at radius 3 is 2.47 bits per heavy atom. The molecule has 3 atom stereocenters. The molecule has 49 heavy (non-hydrogen) atoms. The predicted octanol–water partition coefficient (Wildman–Crippen LogP) is 1.64. The van der Waals surface area contributed by atoms with Crippen molar-refractivity contribution in [2.75, 3.05) is 10.1 Å². The summed E-state index contributed by atoms with van der Waals surface area (Å²) in [5.74, 6) is -0.000452. The maximum atomic E-state index is 14.0. The molecule has 2 aromatic heterocycles. The number of thiazole rings is 1. The topological polar surface area (TPSA) is 152 Å². The van der Waals surface area contributed by atoms with E-state index in [4.69, 9.17) is 0 Å². The predicted molar refractivity (Wildman–Crippen MR) is 188 cm³/mol. The van der Waals surface area contributed by atoms with E-state index in [0.717, 1.165) is 32.9 Å². The van der Waals surface area contributed by atoms with Gasteiger partial charge in [-0.2, -0.15) is 0 Å². The van der Waals surface area contributed by atoms with Crippen LogP contribution in [0.5, 0.6) is 0 Å². The third-order valence-electron chi connectivity index (χ3n) is 8.50. The number of halogens is 1. The second kappa shape index (κ2) is 14.7. The summed E-state index contributed by atoms with van der Waals surface area (Å²) in [5.41, 5.74) is 6.47. The number of nitrogens with one attached hydrogen (secondary N) is 4. The van der Waals surface area contributed by atoms with Crippen molar-refractivity contribution in [3.05, 3.63) is 99.9 Å². The Kier molecular flexibility index (Phi) is 10.4. The van der Waals surface area contributed by atoms with Gasteiger partial charge in [-0.3, -0.25) is 0 Å². The number of fused-ring (bicyclic) bond motifs is 1. The number of likely N-dealkylation sites (tertiary alicyclic amines) is 1. The number of benzene rings is 3. The average Bonchev–Trinajstić information content (AvgIpc) is 3.70. The molecule has 5 N–H and O–H groups in total. The van der Waals surface area contributed by atoms with E-state index in [-0.39, 0.29) is 30.3 Å². The summed E-state index contributed by atoms with van der Waals surface area (Å²) in [6, 6.07) is 21.5. The molecule has 1 fully saturated rings. The molecule has 3 heterocycles. The fourth-order valence-corrected chi connectivity index (χ4v) is 8.91. The third kappa shape index (κ3) is 8.01. The number of aliphatic hydroxyl groups excluding tert-OH is 1. The molecular weight excluding hydrogens is 753 g/mol. The van der Waals surface area contributed by atoms with Crippen LogP contribution in [0.1, 0.15) is 38.4 Å². The maximum absolute atomic E-state index is 14.0. The number of anilines is 1. The van der Waals surface area contributed by atoms with Crippen LogP contribution in [0.25, 0.3) is 32.7 Å². The van der Waals surface area contributed by atoms with Crippen molar-refractivity contribution >= 4 is 39.7 Å². The molecule has 2 amide bonds. The van der Waals surface area contributed by atoms with Crippen LogP contribution in [0.15, 0.2) is 83.1 Å². The van der Waals surface area contributed by atoms with E-state index < -0.39 is 45.4 Å². The second-order valence-corrected chi connectivity index (χ2v) is 15.7. The standard InChI is InChI=1S/C36H39IN7O4S/c1-21-30(49-20-39-21)23-11-9-22(10-12-23)18-38-34(47)29-17-26(45)19-44(29)35(48)31(36(2,3)4)43-37-42-25-15-13-24(14-16-25)32-40-28-8-6-5-7-27(28)33(46)41-32/h5-16,20,26,29,31,42-43,45H,17-19H2,1-4H3,(H,38,47)(H,40,41,46)/q-1/t26-,29+,31-/m1/s1. The average molecular weight is 793 g/mol. The van der Waals surface area contributed by atoms with Gasteiger partial charge in [0.1, 0.15) is 0 Å². The minimum absolute atomic E-state index is 0.103. The third-order valence-corrected chi connectivity index (χ3v) is 11.3. The number of aromatic nitrogens is 3. The number of para-hydroxylation sites is 1. The normalized spacial score (nSPS) is 17.0. The van der Waals surface area contributed by atoms with Crippen LogP contribution in [-0.2, 0) is 16.1 Å². The Morgan fingerprint density at radius 1 is 1.06 bits per heavy atom. The molecule has 0 aliphatic carbocycles. The molecule has 1 aliphatic rings. The first kappa shape index (κ1) is 34.7. The van der Waals surface area contributed by atoms with E-state index in [9.17, 15) is 19.5 Å². The molecule has 256 valence electrons. The van der Waals surface area contributed by atoms with Crippen molar-refractivity contribution in [2.45, 2.75) is 58.8 Å². The number of β-amino-alcohol motifs (C(OH)–C–C–N with tert-alkyl or cyclic N) is 1. The molecule has 6 rings (SSSR count). The zero-order valence-corrected chi connectivity index (χ0v) is 30.6. The Hall–Kier alpha value is -4.18. The van der Waals surface area contributed by atoms with Crippen LogP contribution in [0.2, 0.25) is 0 Å². The van der Waals surface area contributed by atoms with Crippen LogP contribution in [0.3, 0.4) is 0 Å². The molecule has 1 saturated heterocycles. The van der Waals surface area contributed by atoms with Gasteiger partial charge in [-0.15, -0.1) is 11.3 Å². The molecule has 0 unspecified atom stereocenters. The molecule has 0 radical (unpaired) electrons. The zero-order valence-electron chi connectivity index (χ0n) is 27.7. The zero-order chi connectivity index (χ0) is 34.7. The van der Waals surface area contributed by atoms with Gasteiger partial charge < -0.3 is 0 Å². The quantitative estimate of drug-likeness (QED) is 0.106. The number of rotatable bonds is 10. The van der Waals surface area contributed by atoms with Crippen LogP contribution >= 0.6 is 11.3 Å². The van der Waals surface area contributed by atoms with Crippen molar-refractivity contribution in [1.82, 2.24) is 28.7 Å². The van der Waals surface area contributed by atoms with Crippen molar-refractivity contribution in [1.29, 1.82) is 0 Å². The van der Waals surface area contributed by atoms with Gasteiger partial charge in [-0.25, -0.2) is 4.98 Å². The van der Waals surface area contributed by atoms with Crippen LogP contribution in [-0.4, -0.2) is 61.5 Å². The van der Waals surface area contributed by atoms with E-state index in [2.05, 4.69) is 27.3 Å². The van der Waals surface area contributed by atoms with Gasteiger partial charge in [0.15, 0.2) is 0 Å². The first-order valence-electron chi connectivity index (χ1n) is 16.0. The number of aliphatic hydroxyl groups is 1. The number of aryl methyl sites for hydroxylation is 1. The molecule has 13 heteroatoms. The number of hydrogen-bond acceptors (Lipinski definition) is 9. The summed E-state index contributed by atoms with van der Waals surface area (Å²) in [7, 11) is 0. The van der Waals surface area contributed by atoms with Crippen LogP contribution in [0.4, 0.5) is 5.69 Å². The summed E-state index contributed by atoms with van der Waals surface area (Å²) >= 11 is 0.704. The number of aromatic amines is 1. The molecule has 0 spiro atoms. The minimum atomic E-state index is -0.889.